The third-order valence-electron chi connectivity index (χ3n) is 4.63. The third kappa shape index (κ3) is 6.14. The maximum absolute atomic E-state index is 13.6. The minimum atomic E-state index is -0.121. The summed E-state index contributed by atoms with van der Waals surface area (Å²) in [6.07, 6.45) is 2.22. The highest BCUT2D eigenvalue weighted by atomic mass is 32.2. The number of halogens is 1. The van der Waals surface area contributed by atoms with Gasteiger partial charge in [0.1, 0.15) is 5.82 Å². The molecule has 1 aromatic heterocycles. The van der Waals surface area contributed by atoms with Gasteiger partial charge in [-0.1, -0.05) is 18.2 Å². The Kier molecular flexibility index (Phi) is 7.83. The van der Waals surface area contributed by atoms with Crippen LogP contribution in [0.15, 0.2) is 46.8 Å². The second-order valence-electron chi connectivity index (χ2n) is 6.50. The molecule has 2 heterocycles. The Hall–Kier alpha value is -1.73. The van der Waals surface area contributed by atoms with Crippen LogP contribution in [-0.4, -0.2) is 44.4 Å². The van der Waals surface area contributed by atoms with Gasteiger partial charge in [-0.15, -0.1) is 11.3 Å². The highest BCUT2D eigenvalue weighted by Crippen LogP contribution is 2.24. The summed E-state index contributed by atoms with van der Waals surface area (Å²) >= 11 is 3.53. The Bertz CT molecular complexity index is 713. The maximum atomic E-state index is 13.6. The number of nitrogens with one attached hydrogen (secondary N) is 2. The molecule has 7 heteroatoms. The quantitative estimate of drug-likeness (QED) is 0.415. The molecule has 0 bridgehead atoms. The molecule has 1 saturated heterocycles. The van der Waals surface area contributed by atoms with Crippen LogP contribution < -0.4 is 15.5 Å². The van der Waals surface area contributed by atoms with Crippen molar-refractivity contribution in [3.63, 3.8) is 0 Å². The van der Waals surface area contributed by atoms with Crippen LogP contribution in [0, 0.1) is 5.82 Å². The van der Waals surface area contributed by atoms with Gasteiger partial charge >= 0.3 is 0 Å². The van der Waals surface area contributed by atoms with Crippen molar-refractivity contribution in [1.29, 1.82) is 0 Å². The number of hydrogen-bond acceptors (Lipinski definition) is 4. The van der Waals surface area contributed by atoms with Crippen LogP contribution in [0.3, 0.4) is 0 Å². The van der Waals surface area contributed by atoms with Crippen molar-refractivity contribution >= 4 is 34.1 Å². The van der Waals surface area contributed by atoms with Crippen molar-refractivity contribution in [3.8, 4) is 0 Å². The topological polar surface area (TPSA) is 39.7 Å². The summed E-state index contributed by atoms with van der Waals surface area (Å²) in [6, 6.07) is 11.7. The Morgan fingerprint density at radius 2 is 2.07 bits per heavy atom. The van der Waals surface area contributed by atoms with Gasteiger partial charge in [-0.3, -0.25) is 4.99 Å². The lowest BCUT2D eigenvalue weighted by Crippen LogP contribution is -2.49. The number of rotatable bonds is 7. The normalized spacial score (nSPS) is 15.8. The largest absolute Gasteiger partial charge is 0.363 e. The predicted molar refractivity (Wildman–Crippen MR) is 117 cm³/mol. The SMILES string of the molecule is CN=C(NCCSCc1ccccc1F)NC1CCN(c2cccs2)CC1. The van der Waals surface area contributed by atoms with Gasteiger partial charge in [0.2, 0.25) is 0 Å². The van der Waals surface area contributed by atoms with Gasteiger partial charge in [-0.05, 0) is 42.0 Å². The van der Waals surface area contributed by atoms with Gasteiger partial charge in [0, 0.05) is 44.2 Å². The van der Waals surface area contributed by atoms with Crippen molar-refractivity contribution in [2.24, 2.45) is 4.99 Å². The molecule has 0 radical (unpaired) electrons. The smallest absolute Gasteiger partial charge is 0.191 e. The van der Waals surface area contributed by atoms with Gasteiger partial charge in [0.05, 0.1) is 5.00 Å². The molecule has 3 rings (SSSR count). The van der Waals surface area contributed by atoms with Crippen LogP contribution >= 0.6 is 23.1 Å². The number of aliphatic imine (C=N–C) groups is 1. The zero-order chi connectivity index (χ0) is 18.9. The van der Waals surface area contributed by atoms with E-state index in [1.54, 1.807) is 17.8 Å². The average molecular weight is 407 g/mol. The molecule has 1 aromatic carbocycles. The number of piperidine rings is 1. The van der Waals surface area contributed by atoms with Gasteiger partial charge in [-0.2, -0.15) is 11.8 Å². The Labute approximate surface area is 169 Å². The Balaban J connectivity index is 1.32. The molecular formula is C20H27FN4S2. The molecule has 0 aliphatic carbocycles. The molecule has 0 saturated carbocycles. The maximum Gasteiger partial charge on any atom is 0.191 e. The van der Waals surface area contributed by atoms with Crippen LogP contribution in [0.5, 0.6) is 0 Å². The Morgan fingerprint density at radius 3 is 2.78 bits per heavy atom. The lowest BCUT2D eigenvalue weighted by atomic mass is 10.1. The summed E-state index contributed by atoms with van der Waals surface area (Å²) in [5.41, 5.74) is 0.766. The summed E-state index contributed by atoms with van der Waals surface area (Å²) in [5.74, 6) is 2.34. The fourth-order valence-corrected chi connectivity index (χ4v) is 4.75. The van der Waals surface area contributed by atoms with Crippen LogP contribution in [0.2, 0.25) is 0 Å². The first kappa shape index (κ1) is 20.0. The number of thioether (sulfide) groups is 1. The van der Waals surface area contributed by atoms with E-state index >= 15 is 0 Å². The summed E-state index contributed by atoms with van der Waals surface area (Å²) < 4.78 is 13.6. The summed E-state index contributed by atoms with van der Waals surface area (Å²) in [5, 5.41) is 10.4. The molecule has 0 atom stereocenters. The van der Waals surface area contributed by atoms with E-state index < -0.39 is 0 Å². The van der Waals surface area contributed by atoms with E-state index in [4.69, 9.17) is 0 Å². The number of guanidine groups is 1. The zero-order valence-electron chi connectivity index (χ0n) is 15.7. The Morgan fingerprint density at radius 1 is 1.26 bits per heavy atom. The lowest BCUT2D eigenvalue weighted by molar-refractivity contribution is 0.463. The van der Waals surface area contributed by atoms with E-state index in [-0.39, 0.29) is 5.82 Å². The van der Waals surface area contributed by atoms with Crippen LogP contribution in [-0.2, 0) is 5.75 Å². The molecule has 0 unspecified atom stereocenters. The summed E-state index contributed by atoms with van der Waals surface area (Å²) in [7, 11) is 1.81. The molecule has 2 N–H and O–H groups in total. The van der Waals surface area contributed by atoms with Gasteiger partial charge in [0.15, 0.2) is 5.96 Å². The average Bonchev–Trinajstić information content (AvgIpc) is 3.23. The second kappa shape index (κ2) is 10.6. The fraction of sp³-hybridized carbons (Fsp3) is 0.450. The van der Waals surface area contributed by atoms with Crippen molar-refractivity contribution in [1.82, 2.24) is 10.6 Å². The molecule has 4 nitrogen and oxygen atoms in total. The van der Waals surface area contributed by atoms with E-state index in [2.05, 4.69) is 38.0 Å². The number of benzene rings is 1. The minimum absolute atomic E-state index is 0.121. The van der Waals surface area contributed by atoms with Gasteiger partial charge in [-0.25, -0.2) is 4.39 Å². The molecule has 0 spiro atoms. The molecular weight excluding hydrogens is 379 g/mol. The monoisotopic (exact) mass is 406 g/mol. The van der Waals surface area contributed by atoms with Gasteiger partial charge in [0.25, 0.3) is 0 Å². The molecule has 27 heavy (non-hydrogen) atoms. The van der Waals surface area contributed by atoms with E-state index in [0.717, 1.165) is 49.8 Å². The fourth-order valence-electron chi connectivity index (χ4n) is 3.12. The van der Waals surface area contributed by atoms with Crippen molar-refractivity contribution in [2.45, 2.75) is 24.6 Å². The molecule has 2 aromatic rings. The standard InChI is InChI=1S/C20H27FN4S2/c1-22-20(23-10-14-26-15-16-5-2-3-6-18(16)21)24-17-8-11-25(12-9-17)19-7-4-13-27-19/h2-7,13,17H,8-12,14-15H2,1H3,(H2,22,23,24). The molecule has 1 fully saturated rings. The summed E-state index contributed by atoms with van der Waals surface area (Å²) in [4.78, 5) is 6.79. The molecule has 146 valence electrons. The number of thiophene rings is 1. The van der Waals surface area contributed by atoms with Crippen molar-refractivity contribution in [2.75, 3.05) is 37.3 Å². The second-order valence-corrected chi connectivity index (χ2v) is 8.53. The van der Waals surface area contributed by atoms with Crippen molar-refractivity contribution in [3.05, 3.63) is 53.2 Å². The van der Waals surface area contributed by atoms with E-state index in [0.29, 0.717) is 11.8 Å². The van der Waals surface area contributed by atoms with Crippen molar-refractivity contribution < 1.29 is 4.39 Å². The highest BCUT2D eigenvalue weighted by Gasteiger charge is 2.20. The van der Waals surface area contributed by atoms with E-state index in [1.165, 1.54) is 11.1 Å². The number of anilines is 1. The third-order valence-corrected chi connectivity index (χ3v) is 6.57. The molecule has 1 aliphatic rings. The van der Waals surface area contributed by atoms with Gasteiger partial charge < -0.3 is 15.5 Å². The first-order valence-electron chi connectivity index (χ1n) is 9.33. The number of hydrogen-bond donors (Lipinski definition) is 2. The zero-order valence-corrected chi connectivity index (χ0v) is 17.3. The lowest BCUT2D eigenvalue weighted by Gasteiger charge is -2.33. The minimum Gasteiger partial charge on any atom is -0.363 e. The van der Waals surface area contributed by atoms with E-state index in [1.807, 2.05) is 30.5 Å². The van der Waals surface area contributed by atoms with E-state index in [9.17, 15) is 4.39 Å². The molecule has 1 aliphatic heterocycles. The predicted octanol–water partition coefficient (Wildman–Crippen LogP) is 3.95. The van der Waals surface area contributed by atoms with Crippen LogP contribution in [0.1, 0.15) is 18.4 Å². The molecule has 0 amide bonds. The van der Waals surface area contributed by atoms with Crippen LogP contribution in [0.4, 0.5) is 9.39 Å². The first-order chi connectivity index (χ1) is 13.3. The first-order valence-corrected chi connectivity index (χ1v) is 11.4. The summed E-state index contributed by atoms with van der Waals surface area (Å²) in [6.45, 7) is 2.97. The highest BCUT2D eigenvalue weighted by molar-refractivity contribution is 7.98. The number of nitrogens with zero attached hydrogens (tertiary/aromatic N) is 2. The van der Waals surface area contributed by atoms with Crippen LogP contribution in [0.25, 0.3) is 0 Å².